The summed E-state index contributed by atoms with van der Waals surface area (Å²) in [7, 11) is 0. The van der Waals surface area contributed by atoms with Crippen LogP contribution >= 0.6 is 11.6 Å². The lowest BCUT2D eigenvalue weighted by molar-refractivity contribution is 0.0954. The molecule has 1 aromatic heterocycles. The average Bonchev–Trinajstić information content (AvgIpc) is 2.63. The highest BCUT2D eigenvalue weighted by Gasteiger charge is 2.07. The number of amides is 1. The molecule has 0 unspecified atom stereocenters. The van der Waals surface area contributed by atoms with E-state index in [1.165, 1.54) is 18.3 Å². The van der Waals surface area contributed by atoms with Gasteiger partial charge in [0, 0.05) is 23.3 Å². The van der Waals surface area contributed by atoms with Crippen LogP contribution in [0.2, 0.25) is 5.02 Å². The Kier molecular flexibility index (Phi) is 5.41. The molecule has 1 amide bonds. The normalized spacial score (nSPS) is 10.5. The van der Waals surface area contributed by atoms with E-state index in [1.807, 2.05) is 24.3 Å². The lowest BCUT2D eigenvalue weighted by Crippen LogP contribution is -2.25. The van der Waals surface area contributed by atoms with E-state index in [0.717, 1.165) is 12.0 Å². The lowest BCUT2D eigenvalue weighted by Gasteiger charge is -2.06. The molecule has 0 spiro atoms. The van der Waals surface area contributed by atoms with Crippen molar-refractivity contribution in [2.75, 3.05) is 6.54 Å². The van der Waals surface area contributed by atoms with E-state index in [-0.39, 0.29) is 11.7 Å². The number of rotatable bonds is 5. The second-order valence-corrected chi connectivity index (χ2v) is 6.01. The standard InChI is InChI=1S/C20H16ClFN2O/c21-17-7-4-14(5-8-17)10-11-23-20(25)16-6-9-19(24-13-16)15-2-1-3-18(22)12-15/h1-9,12-13H,10-11H2,(H,23,25). The van der Waals surface area contributed by atoms with Gasteiger partial charge in [-0.05, 0) is 48.4 Å². The Hall–Kier alpha value is -2.72. The molecule has 1 N–H and O–H groups in total. The number of nitrogens with one attached hydrogen (secondary N) is 1. The molecule has 0 aliphatic heterocycles. The minimum Gasteiger partial charge on any atom is -0.352 e. The van der Waals surface area contributed by atoms with Crippen molar-refractivity contribution in [1.29, 1.82) is 0 Å². The molecule has 3 aromatic rings. The zero-order valence-electron chi connectivity index (χ0n) is 13.4. The van der Waals surface area contributed by atoms with Crippen LogP contribution < -0.4 is 5.32 Å². The molecule has 0 saturated heterocycles. The zero-order chi connectivity index (χ0) is 17.6. The fourth-order valence-corrected chi connectivity index (χ4v) is 2.55. The molecule has 0 aliphatic carbocycles. The molecule has 2 aromatic carbocycles. The molecule has 0 radical (unpaired) electrons. The molecule has 3 nitrogen and oxygen atoms in total. The van der Waals surface area contributed by atoms with Gasteiger partial charge in [0.25, 0.3) is 5.91 Å². The summed E-state index contributed by atoms with van der Waals surface area (Å²) in [4.78, 5) is 16.4. The summed E-state index contributed by atoms with van der Waals surface area (Å²) in [6, 6.07) is 17.1. The Morgan fingerprint density at radius 2 is 1.88 bits per heavy atom. The largest absolute Gasteiger partial charge is 0.352 e. The fraction of sp³-hybridized carbons (Fsp3) is 0.100. The SMILES string of the molecule is O=C(NCCc1ccc(Cl)cc1)c1ccc(-c2cccc(F)c2)nc1. The van der Waals surface area contributed by atoms with Gasteiger partial charge in [-0.15, -0.1) is 0 Å². The Balaban J connectivity index is 1.58. The van der Waals surface area contributed by atoms with Crippen molar-refractivity contribution in [2.45, 2.75) is 6.42 Å². The van der Waals surface area contributed by atoms with Gasteiger partial charge in [0.05, 0.1) is 11.3 Å². The van der Waals surface area contributed by atoms with Gasteiger partial charge in [0.1, 0.15) is 5.82 Å². The van der Waals surface area contributed by atoms with E-state index < -0.39 is 0 Å². The Bertz CT molecular complexity index is 864. The van der Waals surface area contributed by atoms with E-state index in [9.17, 15) is 9.18 Å². The van der Waals surface area contributed by atoms with Crippen LogP contribution in [0.4, 0.5) is 4.39 Å². The van der Waals surface area contributed by atoms with Gasteiger partial charge in [0.15, 0.2) is 0 Å². The Labute approximate surface area is 150 Å². The van der Waals surface area contributed by atoms with Crippen molar-refractivity contribution in [3.8, 4) is 11.3 Å². The summed E-state index contributed by atoms with van der Waals surface area (Å²) in [5.41, 5.74) is 2.87. The highest BCUT2D eigenvalue weighted by Crippen LogP contribution is 2.18. The van der Waals surface area contributed by atoms with E-state index in [2.05, 4.69) is 10.3 Å². The second kappa shape index (κ2) is 7.90. The monoisotopic (exact) mass is 354 g/mol. The van der Waals surface area contributed by atoms with Gasteiger partial charge in [-0.25, -0.2) is 4.39 Å². The van der Waals surface area contributed by atoms with Crippen LogP contribution in [0.3, 0.4) is 0 Å². The number of halogens is 2. The first-order valence-electron chi connectivity index (χ1n) is 7.86. The first-order valence-corrected chi connectivity index (χ1v) is 8.24. The van der Waals surface area contributed by atoms with Crippen LogP contribution in [0.5, 0.6) is 0 Å². The first kappa shape index (κ1) is 17.1. The molecule has 5 heteroatoms. The van der Waals surface area contributed by atoms with E-state index >= 15 is 0 Å². The third kappa shape index (κ3) is 4.64. The summed E-state index contributed by atoms with van der Waals surface area (Å²) in [6.07, 6.45) is 2.22. The van der Waals surface area contributed by atoms with Crippen molar-refractivity contribution in [3.05, 3.63) is 88.8 Å². The molecule has 0 bridgehead atoms. The smallest absolute Gasteiger partial charge is 0.252 e. The van der Waals surface area contributed by atoms with Crippen LogP contribution in [0.25, 0.3) is 11.3 Å². The molecule has 3 rings (SSSR count). The average molecular weight is 355 g/mol. The van der Waals surface area contributed by atoms with Gasteiger partial charge in [-0.3, -0.25) is 9.78 Å². The van der Waals surface area contributed by atoms with Gasteiger partial charge >= 0.3 is 0 Å². The molecule has 0 saturated carbocycles. The molecule has 1 heterocycles. The first-order chi connectivity index (χ1) is 12.1. The minimum atomic E-state index is -0.316. The second-order valence-electron chi connectivity index (χ2n) is 5.57. The fourth-order valence-electron chi connectivity index (χ4n) is 2.42. The van der Waals surface area contributed by atoms with E-state index in [4.69, 9.17) is 11.6 Å². The summed E-state index contributed by atoms with van der Waals surface area (Å²) in [6.45, 7) is 0.520. The number of hydrogen-bond acceptors (Lipinski definition) is 2. The summed E-state index contributed by atoms with van der Waals surface area (Å²) in [5, 5.41) is 3.55. The number of aromatic nitrogens is 1. The van der Waals surface area contributed by atoms with Crippen molar-refractivity contribution >= 4 is 17.5 Å². The van der Waals surface area contributed by atoms with Gasteiger partial charge in [-0.1, -0.05) is 35.9 Å². The maximum atomic E-state index is 13.3. The molecule has 0 aliphatic rings. The molecule has 25 heavy (non-hydrogen) atoms. The van der Waals surface area contributed by atoms with Crippen molar-refractivity contribution in [1.82, 2.24) is 10.3 Å². The Morgan fingerprint density at radius 3 is 2.56 bits per heavy atom. The number of carbonyl (C=O) groups is 1. The van der Waals surface area contributed by atoms with Crippen LogP contribution in [-0.4, -0.2) is 17.4 Å². The van der Waals surface area contributed by atoms with Gasteiger partial charge in [-0.2, -0.15) is 0 Å². The summed E-state index contributed by atoms with van der Waals surface area (Å²) < 4.78 is 13.3. The quantitative estimate of drug-likeness (QED) is 0.732. The number of nitrogens with zero attached hydrogens (tertiary/aromatic N) is 1. The van der Waals surface area contributed by atoms with Crippen molar-refractivity contribution in [3.63, 3.8) is 0 Å². The highest BCUT2D eigenvalue weighted by molar-refractivity contribution is 6.30. The summed E-state index contributed by atoms with van der Waals surface area (Å²) in [5.74, 6) is -0.504. The third-order valence-corrected chi connectivity index (χ3v) is 4.01. The minimum absolute atomic E-state index is 0.188. The maximum absolute atomic E-state index is 13.3. The predicted molar refractivity (Wildman–Crippen MR) is 97.1 cm³/mol. The maximum Gasteiger partial charge on any atom is 0.252 e. The molecule has 0 fully saturated rings. The molecular formula is C20H16ClFN2O. The van der Waals surface area contributed by atoms with E-state index in [1.54, 1.807) is 24.3 Å². The third-order valence-electron chi connectivity index (χ3n) is 3.76. The van der Waals surface area contributed by atoms with Crippen LogP contribution in [0.1, 0.15) is 15.9 Å². The zero-order valence-corrected chi connectivity index (χ0v) is 14.1. The van der Waals surface area contributed by atoms with Gasteiger partial charge < -0.3 is 5.32 Å². The van der Waals surface area contributed by atoms with Gasteiger partial charge in [0.2, 0.25) is 0 Å². The predicted octanol–water partition coefficient (Wildman–Crippen LogP) is 4.51. The summed E-state index contributed by atoms with van der Waals surface area (Å²) >= 11 is 5.84. The lowest BCUT2D eigenvalue weighted by atomic mass is 10.1. The topological polar surface area (TPSA) is 42.0 Å². The number of benzene rings is 2. The highest BCUT2D eigenvalue weighted by atomic mass is 35.5. The number of hydrogen-bond donors (Lipinski definition) is 1. The molecular weight excluding hydrogens is 339 g/mol. The Morgan fingerprint density at radius 1 is 1.08 bits per heavy atom. The number of pyridine rings is 1. The number of carbonyl (C=O) groups excluding carboxylic acids is 1. The van der Waals surface area contributed by atoms with Crippen LogP contribution in [-0.2, 0) is 6.42 Å². The van der Waals surface area contributed by atoms with Crippen LogP contribution in [0.15, 0.2) is 66.9 Å². The van der Waals surface area contributed by atoms with E-state index in [0.29, 0.717) is 28.4 Å². The molecule has 0 atom stereocenters. The van der Waals surface area contributed by atoms with Crippen LogP contribution in [0, 0.1) is 5.82 Å². The molecule has 126 valence electrons. The van der Waals surface area contributed by atoms with Crippen molar-refractivity contribution in [2.24, 2.45) is 0 Å². The van der Waals surface area contributed by atoms with Crippen molar-refractivity contribution < 1.29 is 9.18 Å².